The van der Waals surface area contributed by atoms with E-state index in [1.54, 1.807) is 17.0 Å². The average Bonchev–Trinajstić information content (AvgIpc) is 2.93. The molecule has 1 atom stereocenters. The van der Waals surface area contributed by atoms with Crippen molar-refractivity contribution < 1.29 is 14.3 Å². The van der Waals surface area contributed by atoms with Crippen LogP contribution in [0, 0.1) is 13.8 Å². The van der Waals surface area contributed by atoms with E-state index < -0.39 is 6.04 Å². The van der Waals surface area contributed by atoms with Gasteiger partial charge in [-0.15, -0.1) is 0 Å². The molecule has 1 fully saturated rings. The maximum Gasteiger partial charge on any atom is 0.261 e. The zero-order chi connectivity index (χ0) is 27.8. The van der Waals surface area contributed by atoms with Crippen LogP contribution in [0.2, 0.25) is 10.0 Å². The standard InChI is InChI=1S/C32H36Cl2N2O3/c1-22-13-16-30(23(2)17-22)39-21-31(37)36(20-25-14-15-27(33)28(34)18-25)29(19-24-9-5-3-6-10-24)32(38)35-26-11-7-4-8-12-26/h3,5-6,9-10,13-18,26,29H,4,7-8,11-12,19-21H2,1-2H3,(H,35,38)/t29-/m1/s1. The Hall–Kier alpha value is -3.02. The summed E-state index contributed by atoms with van der Waals surface area (Å²) < 4.78 is 5.98. The van der Waals surface area contributed by atoms with Gasteiger partial charge in [0.05, 0.1) is 10.0 Å². The molecule has 3 aromatic carbocycles. The summed E-state index contributed by atoms with van der Waals surface area (Å²) in [6, 6.07) is 20.3. The quantitative estimate of drug-likeness (QED) is 0.285. The van der Waals surface area contributed by atoms with Crippen LogP contribution < -0.4 is 10.1 Å². The number of aryl methyl sites for hydroxylation is 2. The van der Waals surface area contributed by atoms with Crippen LogP contribution in [0.3, 0.4) is 0 Å². The molecule has 2 amide bonds. The second-order valence-corrected chi connectivity index (χ2v) is 11.2. The predicted molar refractivity (Wildman–Crippen MR) is 157 cm³/mol. The summed E-state index contributed by atoms with van der Waals surface area (Å²) in [5.74, 6) is 0.223. The molecule has 0 aromatic heterocycles. The highest BCUT2D eigenvalue weighted by molar-refractivity contribution is 6.42. The Morgan fingerprint density at radius 3 is 2.36 bits per heavy atom. The van der Waals surface area contributed by atoms with Crippen molar-refractivity contribution in [3.8, 4) is 5.75 Å². The number of hydrogen-bond donors (Lipinski definition) is 1. The predicted octanol–water partition coefficient (Wildman–Crippen LogP) is 7.08. The number of carbonyl (C=O) groups is 2. The number of carbonyl (C=O) groups excluding carboxylic acids is 2. The molecule has 4 rings (SSSR count). The summed E-state index contributed by atoms with van der Waals surface area (Å²) >= 11 is 12.5. The highest BCUT2D eigenvalue weighted by Gasteiger charge is 2.32. The number of benzene rings is 3. The number of rotatable bonds is 10. The second-order valence-electron chi connectivity index (χ2n) is 10.4. The van der Waals surface area contributed by atoms with E-state index in [1.165, 1.54) is 6.42 Å². The minimum absolute atomic E-state index is 0.123. The minimum atomic E-state index is -0.723. The Morgan fingerprint density at radius 2 is 1.67 bits per heavy atom. The van der Waals surface area contributed by atoms with E-state index in [-0.39, 0.29) is 31.0 Å². The molecule has 1 aliphatic rings. The van der Waals surface area contributed by atoms with Crippen molar-refractivity contribution in [3.05, 3.63) is 99.0 Å². The van der Waals surface area contributed by atoms with Gasteiger partial charge in [-0.25, -0.2) is 0 Å². The molecule has 1 saturated carbocycles. The van der Waals surface area contributed by atoms with E-state index in [4.69, 9.17) is 27.9 Å². The van der Waals surface area contributed by atoms with Gasteiger partial charge >= 0.3 is 0 Å². The van der Waals surface area contributed by atoms with Crippen LogP contribution in [0.15, 0.2) is 66.7 Å². The van der Waals surface area contributed by atoms with Crippen molar-refractivity contribution in [2.45, 2.75) is 71.0 Å². The molecule has 1 N–H and O–H groups in total. The van der Waals surface area contributed by atoms with E-state index in [0.717, 1.165) is 47.9 Å². The molecular weight excluding hydrogens is 531 g/mol. The first-order chi connectivity index (χ1) is 18.8. The van der Waals surface area contributed by atoms with Gasteiger partial charge in [-0.3, -0.25) is 9.59 Å². The molecule has 0 aliphatic heterocycles. The van der Waals surface area contributed by atoms with Crippen molar-refractivity contribution >= 4 is 35.0 Å². The number of nitrogens with zero attached hydrogens (tertiary/aromatic N) is 1. The lowest BCUT2D eigenvalue weighted by atomic mass is 9.94. The monoisotopic (exact) mass is 566 g/mol. The third-order valence-electron chi connectivity index (χ3n) is 7.24. The van der Waals surface area contributed by atoms with Crippen LogP contribution in [0.4, 0.5) is 0 Å². The number of hydrogen-bond acceptors (Lipinski definition) is 3. The maximum atomic E-state index is 13.8. The lowest BCUT2D eigenvalue weighted by molar-refractivity contribution is -0.143. The van der Waals surface area contributed by atoms with Gasteiger partial charge in [0.2, 0.25) is 5.91 Å². The van der Waals surface area contributed by atoms with Gasteiger partial charge in [-0.2, -0.15) is 0 Å². The first-order valence-corrected chi connectivity index (χ1v) is 14.3. The Morgan fingerprint density at radius 1 is 0.923 bits per heavy atom. The van der Waals surface area contributed by atoms with Crippen molar-refractivity contribution in [3.63, 3.8) is 0 Å². The molecule has 0 radical (unpaired) electrons. The molecule has 0 saturated heterocycles. The SMILES string of the molecule is Cc1ccc(OCC(=O)N(Cc2ccc(Cl)c(Cl)c2)[C@H](Cc2ccccc2)C(=O)NC2CCCCC2)c(C)c1. The second kappa shape index (κ2) is 13.9. The maximum absolute atomic E-state index is 13.8. The van der Waals surface area contributed by atoms with Gasteiger partial charge in [-0.05, 0) is 61.6 Å². The number of ether oxygens (including phenoxy) is 1. The first kappa shape index (κ1) is 29.0. The van der Waals surface area contributed by atoms with Gasteiger partial charge in [0.25, 0.3) is 5.91 Å². The summed E-state index contributed by atoms with van der Waals surface area (Å²) in [6.07, 6.45) is 5.70. The van der Waals surface area contributed by atoms with Crippen molar-refractivity contribution in [1.29, 1.82) is 0 Å². The zero-order valence-corrected chi connectivity index (χ0v) is 24.1. The van der Waals surface area contributed by atoms with Crippen molar-refractivity contribution in [2.24, 2.45) is 0 Å². The Bertz CT molecular complexity index is 1280. The fourth-order valence-corrected chi connectivity index (χ4v) is 5.44. The highest BCUT2D eigenvalue weighted by Crippen LogP contribution is 2.25. The van der Waals surface area contributed by atoms with Crippen LogP contribution in [-0.4, -0.2) is 35.4 Å². The van der Waals surface area contributed by atoms with E-state index in [0.29, 0.717) is 22.2 Å². The molecule has 0 bridgehead atoms. The van der Waals surface area contributed by atoms with Gasteiger partial charge in [-0.1, -0.05) is 96.6 Å². The third kappa shape index (κ3) is 8.23. The molecule has 206 valence electrons. The summed E-state index contributed by atoms with van der Waals surface area (Å²) in [5.41, 5.74) is 3.83. The topological polar surface area (TPSA) is 58.6 Å². The van der Waals surface area contributed by atoms with Crippen molar-refractivity contribution in [1.82, 2.24) is 10.2 Å². The molecule has 3 aromatic rings. The summed E-state index contributed by atoms with van der Waals surface area (Å²) in [6.45, 7) is 3.98. The molecule has 1 aliphatic carbocycles. The largest absolute Gasteiger partial charge is 0.483 e. The Labute approximate surface area is 241 Å². The van der Waals surface area contributed by atoms with Crippen LogP contribution in [-0.2, 0) is 22.6 Å². The fourth-order valence-electron chi connectivity index (χ4n) is 5.12. The lowest BCUT2D eigenvalue weighted by Crippen LogP contribution is -2.53. The zero-order valence-electron chi connectivity index (χ0n) is 22.6. The number of amides is 2. The molecule has 0 spiro atoms. The Kier molecular flexibility index (Phi) is 10.3. The van der Waals surface area contributed by atoms with Crippen molar-refractivity contribution in [2.75, 3.05) is 6.61 Å². The van der Waals surface area contributed by atoms with Gasteiger partial charge in [0, 0.05) is 19.0 Å². The first-order valence-electron chi connectivity index (χ1n) is 13.6. The lowest BCUT2D eigenvalue weighted by Gasteiger charge is -2.33. The normalized spacial score (nSPS) is 14.5. The highest BCUT2D eigenvalue weighted by atomic mass is 35.5. The number of nitrogens with one attached hydrogen (secondary N) is 1. The van der Waals surface area contributed by atoms with E-state index in [1.807, 2.05) is 68.4 Å². The summed E-state index contributed by atoms with van der Waals surface area (Å²) in [4.78, 5) is 29.3. The molecule has 7 heteroatoms. The molecule has 0 unspecified atom stereocenters. The molecular formula is C32H36Cl2N2O3. The van der Waals surface area contributed by atoms with E-state index in [9.17, 15) is 9.59 Å². The van der Waals surface area contributed by atoms with Crippen LogP contribution in [0.1, 0.15) is 54.4 Å². The van der Waals surface area contributed by atoms with Gasteiger partial charge in [0.1, 0.15) is 11.8 Å². The van der Waals surface area contributed by atoms with Crippen LogP contribution in [0.25, 0.3) is 0 Å². The molecule has 0 heterocycles. The van der Waals surface area contributed by atoms with Gasteiger partial charge in [0.15, 0.2) is 6.61 Å². The minimum Gasteiger partial charge on any atom is -0.483 e. The number of halogens is 2. The van der Waals surface area contributed by atoms with E-state index >= 15 is 0 Å². The smallest absolute Gasteiger partial charge is 0.261 e. The average molecular weight is 568 g/mol. The summed E-state index contributed by atoms with van der Waals surface area (Å²) in [7, 11) is 0. The van der Waals surface area contributed by atoms with Crippen LogP contribution in [0.5, 0.6) is 5.75 Å². The molecule has 39 heavy (non-hydrogen) atoms. The Balaban J connectivity index is 1.63. The molecule has 5 nitrogen and oxygen atoms in total. The third-order valence-corrected chi connectivity index (χ3v) is 7.98. The summed E-state index contributed by atoms with van der Waals surface area (Å²) in [5, 5.41) is 4.09. The van der Waals surface area contributed by atoms with Crippen LogP contribution >= 0.6 is 23.2 Å². The fraction of sp³-hybridized carbons (Fsp3) is 0.375. The van der Waals surface area contributed by atoms with Gasteiger partial charge < -0.3 is 15.0 Å². The van der Waals surface area contributed by atoms with E-state index in [2.05, 4.69) is 5.32 Å².